The van der Waals surface area contributed by atoms with Gasteiger partial charge in [-0.25, -0.2) is 9.78 Å². The second-order valence-corrected chi connectivity index (χ2v) is 9.89. The number of nitrogens with zero attached hydrogens (tertiary/aromatic N) is 2. The Morgan fingerprint density at radius 3 is 2.51 bits per heavy atom. The summed E-state index contributed by atoms with van der Waals surface area (Å²) < 4.78 is 6.14. The highest BCUT2D eigenvalue weighted by molar-refractivity contribution is 7.14. The molecule has 0 radical (unpaired) electrons. The molecule has 1 heterocycles. The molecule has 0 unspecified atom stereocenters. The summed E-state index contributed by atoms with van der Waals surface area (Å²) in [7, 11) is 0. The van der Waals surface area contributed by atoms with Crippen LogP contribution in [0.3, 0.4) is 0 Å². The van der Waals surface area contributed by atoms with E-state index in [1.54, 1.807) is 12.1 Å². The van der Waals surface area contributed by atoms with E-state index in [1.807, 2.05) is 66.0 Å². The first kappa shape index (κ1) is 24.8. The number of benzene rings is 3. The van der Waals surface area contributed by atoms with Crippen LogP contribution in [0.1, 0.15) is 36.2 Å². The van der Waals surface area contributed by atoms with Crippen molar-refractivity contribution < 1.29 is 14.6 Å². The topological polar surface area (TPSA) is 62.7 Å². The number of aromatic carboxylic acids is 1. The number of rotatable bonds is 10. The number of halogens is 1. The van der Waals surface area contributed by atoms with Crippen molar-refractivity contribution in [3.8, 4) is 17.0 Å². The first-order valence-electron chi connectivity index (χ1n) is 11.4. The smallest absolute Gasteiger partial charge is 0.335 e. The van der Waals surface area contributed by atoms with E-state index in [0.717, 1.165) is 46.4 Å². The van der Waals surface area contributed by atoms with Gasteiger partial charge in [0.2, 0.25) is 0 Å². The summed E-state index contributed by atoms with van der Waals surface area (Å²) in [4.78, 5) is 18.4. The highest BCUT2D eigenvalue weighted by Gasteiger charge is 2.18. The first-order chi connectivity index (χ1) is 16.9. The Balaban J connectivity index is 1.63. The molecule has 5 nitrogen and oxygen atoms in total. The average Bonchev–Trinajstić information content (AvgIpc) is 3.34. The summed E-state index contributed by atoms with van der Waals surface area (Å²) >= 11 is 7.87. The van der Waals surface area contributed by atoms with Crippen LogP contribution in [0.5, 0.6) is 5.75 Å². The van der Waals surface area contributed by atoms with Crippen LogP contribution >= 0.6 is 22.9 Å². The van der Waals surface area contributed by atoms with Crippen molar-refractivity contribution >= 4 is 39.7 Å². The molecule has 0 saturated heterocycles. The minimum atomic E-state index is -0.939. The predicted molar refractivity (Wildman–Crippen MR) is 143 cm³/mol. The fourth-order valence-corrected chi connectivity index (χ4v) is 4.63. The summed E-state index contributed by atoms with van der Waals surface area (Å²) in [5, 5.41) is 12.7. The maximum absolute atomic E-state index is 11.3. The van der Waals surface area contributed by atoms with Gasteiger partial charge in [-0.2, -0.15) is 0 Å². The van der Waals surface area contributed by atoms with Gasteiger partial charge >= 0.3 is 5.97 Å². The van der Waals surface area contributed by atoms with Crippen LogP contribution < -0.4 is 9.64 Å². The maximum Gasteiger partial charge on any atom is 0.335 e. The van der Waals surface area contributed by atoms with E-state index in [0.29, 0.717) is 17.5 Å². The summed E-state index contributed by atoms with van der Waals surface area (Å²) in [6.07, 6.45) is 0.970. The molecule has 0 aliphatic carbocycles. The molecule has 1 aromatic heterocycles. The van der Waals surface area contributed by atoms with Gasteiger partial charge < -0.3 is 14.7 Å². The van der Waals surface area contributed by atoms with Gasteiger partial charge in [0, 0.05) is 28.2 Å². The monoisotopic (exact) mass is 506 g/mol. The third kappa shape index (κ3) is 6.41. The zero-order chi connectivity index (χ0) is 24.8. The van der Waals surface area contributed by atoms with Crippen LogP contribution in [0.4, 0.5) is 10.8 Å². The molecule has 4 aromatic rings. The molecule has 1 N–H and O–H groups in total. The normalized spacial score (nSPS) is 11.0. The van der Waals surface area contributed by atoms with Gasteiger partial charge in [0.25, 0.3) is 0 Å². The zero-order valence-corrected chi connectivity index (χ0v) is 21.2. The molecule has 7 heteroatoms. The lowest BCUT2D eigenvalue weighted by atomic mass is 10.1. The van der Waals surface area contributed by atoms with Crippen molar-refractivity contribution in [2.24, 2.45) is 5.92 Å². The number of carbonyl (C=O) groups is 1. The van der Waals surface area contributed by atoms with E-state index in [2.05, 4.69) is 18.7 Å². The Hall–Kier alpha value is -3.35. The number of ether oxygens (including phenoxy) is 1. The molecular weight excluding hydrogens is 480 g/mol. The van der Waals surface area contributed by atoms with Gasteiger partial charge in [-0.3, -0.25) is 0 Å². The van der Waals surface area contributed by atoms with E-state index >= 15 is 0 Å². The highest BCUT2D eigenvalue weighted by Crippen LogP contribution is 2.37. The van der Waals surface area contributed by atoms with Crippen molar-refractivity contribution in [3.63, 3.8) is 0 Å². The molecule has 0 bridgehead atoms. The molecule has 0 atom stereocenters. The van der Waals surface area contributed by atoms with Crippen molar-refractivity contribution in [1.29, 1.82) is 0 Å². The van der Waals surface area contributed by atoms with Crippen molar-refractivity contribution in [3.05, 3.63) is 94.3 Å². The molecular formula is C28H27ClN2O3S. The fourth-order valence-electron chi connectivity index (χ4n) is 3.58. The number of anilines is 2. The van der Waals surface area contributed by atoms with E-state index in [4.69, 9.17) is 21.3 Å². The second-order valence-electron chi connectivity index (χ2n) is 8.62. The molecule has 35 heavy (non-hydrogen) atoms. The Kier molecular flexibility index (Phi) is 8.06. The van der Waals surface area contributed by atoms with E-state index in [-0.39, 0.29) is 5.56 Å². The Labute approximate surface area is 214 Å². The Morgan fingerprint density at radius 1 is 1.09 bits per heavy atom. The molecule has 4 rings (SSSR count). The zero-order valence-electron chi connectivity index (χ0n) is 19.6. The van der Waals surface area contributed by atoms with Crippen LogP contribution in [0, 0.1) is 5.92 Å². The Morgan fingerprint density at radius 2 is 1.83 bits per heavy atom. The Bertz CT molecular complexity index is 1270. The van der Waals surface area contributed by atoms with Crippen LogP contribution in [-0.2, 0) is 6.61 Å². The largest absolute Gasteiger partial charge is 0.488 e. The first-order valence-corrected chi connectivity index (χ1v) is 12.7. The maximum atomic E-state index is 11.3. The van der Waals surface area contributed by atoms with Crippen molar-refractivity contribution in [1.82, 2.24) is 4.98 Å². The van der Waals surface area contributed by atoms with Gasteiger partial charge in [-0.1, -0.05) is 55.8 Å². The standard InChI is InChI=1S/C28H27ClN2O3S/c1-19(2)14-15-31(23-11-8-21(9-12-23)27(32)33)28-30-25(18-35-28)24-16-22(29)10-13-26(24)34-17-20-6-4-3-5-7-20/h3-13,16,18-19H,14-15,17H2,1-2H3,(H,32,33). The average molecular weight is 507 g/mol. The highest BCUT2D eigenvalue weighted by atomic mass is 35.5. The molecule has 0 saturated carbocycles. The van der Waals surface area contributed by atoms with E-state index in [9.17, 15) is 9.90 Å². The molecule has 0 spiro atoms. The number of carboxylic acid groups (broad SMARTS) is 1. The van der Waals surface area contributed by atoms with Crippen LogP contribution in [0.15, 0.2) is 78.2 Å². The van der Waals surface area contributed by atoms with Gasteiger partial charge in [0.15, 0.2) is 5.13 Å². The lowest BCUT2D eigenvalue weighted by Crippen LogP contribution is -2.19. The van der Waals surface area contributed by atoms with Crippen LogP contribution in [-0.4, -0.2) is 22.6 Å². The van der Waals surface area contributed by atoms with Gasteiger partial charge in [-0.15, -0.1) is 11.3 Å². The molecule has 0 fully saturated rings. The molecule has 180 valence electrons. The van der Waals surface area contributed by atoms with Crippen molar-refractivity contribution in [2.45, 2.75) is 26.9 Å². The molecule has 3 aromatic carbocycles. The summed E-state index contributed by atoms with van der Waals surface area (Å²) in [5.41, 5.74) is 3.87. The van der Waals surface area contributed by atoms with Crippen LogP contribution in [0.2, 0.25) is 5.02 Å². The number of hydrogen-bond acceptors (Lipinski definition) is 5. The number of aromatic nitrogens is 1. The lowest BCUT2D eigenvalue weighted by Gasteiger charge is -2.23. The summed E-state index contributed by atoms with van der Waals surface area (Å²) in [6.45, 7) is 5.58. The van der Waals surface area contributed by atoms with Gasteiger partial charge in [0.05, 0.1) is 11.3 Å². The summed E-state index contributed by atoms with van der Waals surface area (Å²) in [5.74, 6) is 0.293. The number of hydrogen-bond donors (Lipinski definition) is 1. The molecule has 0 aliphatic heterocycles. The predicted octanol–water partition coefficient (Wildman–Crippen LogP) is 7.92. The van der Waals surface area contributed by atoms with Gasteiger partial charge in [-0.05, 0) is 60.4 Å². The van der Waals surface area contributed by atoms with Gasteiger partial charge in [0.1, 0.15) is 12.4 Å². The quantitative estimate of drug-likeness (QED) is 0.236. The lowest BCUT2D eigenvalue weighted by molar-refractivity contribution is 0.0697. The van der Waals surface area contributed by atoms with E-state index in [1.165, 1.54) is 11.3 Å². The molecule has 0 aliphatic rings. The molecule has 0 amide bonds. The second kappa shape index (κ2) is 11.4. The van der Waals surface area contributed by atoms with Crippen molar-refractivity contribution in [2.75, 3.05) is 11.4 Å². The minimum absolute atomic E-state index is 0.261. The third-order valence-corrected chi connectivity index (χ3v) is 6.63. The summed E-state index contributed by atoms with van der Waals surface area (Å²) in [6, 6.07) is 22.5. The SMILES string of the molecule is CC(C)CCN(c1ccc(C(=O)O)cc1)c1nc(-c2cc(Cl)ccc2OCc2ccccc2)cs1. The number of thiazole rings is 1. The number of carboxylic acids is 1. The fraction of sp³-hybridized carbons (Fsp3) is 0.214. The van der Waals surface area contributed by atoms with Crippen LogP contribution in [0.25, 0.3) is 11.3 Å². The third-order valence-electron chi connectivity index (χ3n) is 5.53. The van der Waals surface area contributed by atoms with E-state index < -0.39 is 5.97 Å². The minimum Gasteiger partial charge on any atom is -0.488 e.